The molecular weight excluding hydrogens is 336 g/mol. The molecule has 3 aromatic rings. The van der Waals surface area contributed by atoms with Gasteiger partial charge in [-0.3, -0.25) is 0 Å². The summed E-state index contributed by atoms with van der Waals surface area (Å²) in [7, 11) is 1.94. The number of benzene rings is 1. The lowest BCUT2D eigenvalue weighted by Crippen LogP contribution is -2.24. The Labute approximate surface area is 150 Å². The van der Waals surface area contributed by atoms with Gasteiger partial charge in [0.1, 0.15) is 25.5 Å². The maximum absolute atomic E-state index is 12.1. The Balaban J connectivity index is 1.53. The summed E-state index contributed by atoms with van der Waals surface area (Å²) in [6.07, 6.45) is 5.80. The smallest absolute Gasteiger partial charge is 0.338 e. The standard InChI is InChI=1S/C18H20N4O2S/c1-21-6-7-22(13-21)8-9-24-18(23)14-4-5-17(16(19)11-14)20-12-15-3-2-10-25-15/h2-7,10-11,13H,8-9,12,19H2,1H3/p+1. The van der Waals surface area contributed by atoms with Crippen molar-refractivity contribution in [2.75, 3.05) is 17.7 Å². The van der Waals surface area contributed by atoms with Gasteiger partial charge in [-0.05, 0) is 29.6 Å². The fraction of sp³-hybridized carbons (Fsp3) is 0.222. The van der Waals surface area contributed by atoms with E-state index < -0.39 is 0 Å². The third kappa shape index (κ3) is 4.60. The highest BCUT2D eigenvalue weighted by molar-refractivity contribution is 7.09. The quantitative estimate of drug-likeness (QED) is 0.387. The summed E-state index contributed by atoms with van der Waals surface area (Å²) in [5, 5.41) is 5.31. The number of nitrogen functional groups attached to an aromatic ring is 1. The normalized spacial score (nSPS) is 10.6. The molecule has 3 N–H and O–H groups in total. The minimum Gasteiger partial charge on any atom is -0.458 e. The van der Waals surface area contributed by atoms with Gasteiger partial charge in [-0.1, -0.05) is 6.07 Å². The van der Waals surface area contributed by atoms with Crippen LogP contribution in [0.1, 0.15) is 15.2 Å². The number of nitrogens with zero attached hydrogens (tertiary/aromatic N) is 2. The molecule has 7 heteroatoms. The summed E-state index contributed by atoms with van der Waals surface area (Å²) in [4.78, 5) is 13.4. The number of aromatic nitrogens is 2. The van der Waals surface area contributed by atoms with E-state index >= 15 is 0 Å². The highest BCUT2D eigenvalue weighted by Gasteiger charge is 2.10. The van der Waals surface area contributed by atoms with Crippen LogP contribution in [0.4, 0.5) is 11.4 Å². The molecule has 0 aliphatic carbocycles. The first kappa shape index (κ1) is 17.0. The minimum atomic E-state index is -0.368. The van der Waals surface area contributed by atoms with E-state index in [1.54, 1.807) is 23.5 Å². The average molecular weight is 357 g/mol. The maximum atomic E-state index is 12.1. The highest BCUT2D eigenvalue weighted by Crippen LogP contribution is 2.22. The van der Waals surface area contributed by atoms with Crippen LogP contribution in [0.2, 0.25) is 0 Å². The lowest BCUT2D eigenvalue weighted by molar-refractivity contribution is -0.671. The van der Waals surface area contributed by atoms with E-state index in [4.69, 9.17) is 10.5 Å². The van der Waals surface area contributed by atoms with Crippen molar-refractivity contribution < 1.29 is 14.1 Å². The van der Waals surface area contributed by atoms with Gasteiger partial charge in [-0.2, -0.15) is 0 Å². The number of aryl methyl sites for hydroxylation is 1. The largest absolute Gasteiger partial charge is 0.458 e. The number of nitrogens with one attached hydrogen (secondary N) is 1. The van der Waals surface area contributed by atoms with Gasteiger partial charge in [0.2, 0.25) is 6.33 Å². The molecule has 3 rings (SSSR count). The van der Waals surface area contributed by atoms with E-state index in [9.17, 15) is 4.79 Å². The summed E-state index contributed by atoms with van der Waals surface area (Å²) in [6.45, 7) is 1.63. The van der Waals surface area contributed by atoms with Crippen LogP contribution in [-0.2, 0) is 24.9 Å². The third-order valence-corrected chi connectivity index (χ3v) is 4.60. The van der Waals surface area contributed by atoms with Crippen LogP contribution in [0.25, 0.3) is 0 Å². The van der Waals surface area contributed by atoms with Gasteiger partial charge in [0, 0.05) is 11.4 Å². The molecule has 0 fully saturated rings. The second-order valence-electron chi connectivity index (χ2n) is 5.69. The molecule has 0 atom stereocenters. The zero-order valence-corrected chi connectivity index (χ0v) is 14.8. The average Bonchev–Trinajstić information content (AvgIpc) is 3.25. The number of rotatable bonds is 7. The number of carbonyl (C=O) groups excluding carboxylic acids is 1. The summed E-state index contributed by atoms with van der Waals surface area (Å²) in [6, 6.07) is 9.26. The SMILES string of the molecule is C[n+]1ccn(CCOC(=O)c2ccc(NCc3cccs3)c(N)c2)c1. The molecule has 0 bridgehead atoms. The van der Waals surface area contributed by atoms with Crippen LogP contribution in [-0.4, -0.2) is 17.1 Å². The molecule has 0 radical (unpaired) electrons. The molecule has 6 nitrogen and oxygen atoms in total. The molecule has 2 heterocycles. The number of imidazole rings is 1. The number of carbonyl (C=O) groups is 1. The summed E-state index contributed by atoms with van der Waals surface area (Å²) < 4.78 is 9.20. The topological polar surface area (TPSA) is 73.2 Å². The van der Waals surface area contributed by atoms with Crippen molar-refractivity contribution in [3.63, 3.8) is 0 Å². The van der Waals surface area contributed by atoms with Crippen molar-refractivity contribution in [1.82, 2.24) is 4.57 Å². The number of nitrogens with two attached hydrogens (primary N) is 1. The Bertz CT molecular complexity index is 843. The molecule has 0 unspecified atom stereocenters. The van der Waals surface area contributed by atoms with E-state index in [1.807, 2.05) is 52.4 Å². The molecule has 25 heavy (non-hydrogen) atoms. The van der Waals surface area contributed by atoms with Gasteiger partial charge in [0.05, 0.1) is 24.0 Å². The van der Waals surface area contributed by atoms with Crippen LogP contribution >= 0.6 is 11.3 Å². The number of thiophene rings is 1. The van der Waals surface area contributed by atoms with Gasteiger partial charge in [0.25, 0.3) is 0 Å². The summed E-state index contributed by atoms with van der Waals surface area (Å²) in [5.41, 5.74) is 7.84. The van der Waals surface area contributed by atoms with E-state index in [0.29, 0.717) is 30.9 Å². The molecule has 2 aromatic heterocycles. The lowest BCUT2D eigenvalue weighted by Gasteiger charge is -2.10. The van der Waals surface area contributed by atoms with Gasteiger partial charge in [-0.15, -0.1) is 11.3 Å². The van der Waals surface area contributed by atoms with E-state index in [2.05, 4.69) is 11.4 Å². The van der Waals surface area contributed by atoms with Crippen molar-refractivity contribution in [3.8, 4) is 0 Å². The fourth-order valence-electron chi connectivity index (χ4n) is 2.41. The van der Waals surface area contributed by atoms with Gasteiger partial charge >= 0.3 is 5.97 Å². The second-order valence-corrected chi connectivity index (χ2v) is 6.72. The van der Waals surface area contributed by atoms with E-state index in [-0.39, 0.29) is 5.97 Å². The van der Waals surface area contributed by atoms with Gasteiger partial charge in [-0.25, -0.2) is 13.9 Å². The zero-order chi connectivity index (χ0) is 17.6. The highest BCUT2D eigenvalue weighted by atomic mass is 32.1. The Morgan fingerprint density at radius 3 is 2.96 bits per heavy atom. The fourth-order valence-corrected chi connectivity index (χ4v) is 3.05. The second kappa shape index (κ2) is 7.85. The summed E-state index contributed by atoms with van der Waals surface area (Å²) >= 11 is 1.68. The van der Waals surface area contributed by atoms with Crippen molar-refractivity contribution in [2.45, 2.75) is 13.1 Å². The summed E-state index contributed by atoms with van der Waals surface area (Å²) in [5.74, 6) is -0.368. The van der Waals surface area contributed by atoms with Crippen molar-refractivity contribution >= 4 is 28.7 Å². The molecule has 0 aliphatic rings. The van der Waals surface area contributed by atoms with E-state index in [0.717, 1.165) is 5.69 Å². The molecule has 130 valence electrons. The van der Waals surface area contributed by atoms with Crippen molar-refractivity contribution in [2.24, 2.45) is 7.05 Å². The van der Waals surface area contributed by atoms with Crippen LogP contribution < -0.4 is 15.6 Å². The van der Waals surface area contributed by atoms with Crippen LogP contribution in [0.5, 0.6) is 0 Å². The molecule has 0 aliphatic heterocycles. The van der Waals surface area contributed by atoms with E-state index in [1.165, 1.54) is 4.88 Å². The zero-order valence-electron chi connectivity index (χ0n) is 14.0. The monoisotopic (exact) mass is 357 g/mol. The predicted octanol–water partition coefficient (Wildman–Crippen LogP) is 2.43. The molecular formula is C18H21N4O2S+. The number of esters is 1. The van der Waals surface area contributed by atoms with Crippen LogP contribution in [0, 0.1) is 0 Å². The van der Waals surface area contributed by atoms with Gasteiger partial charge < -0.3 is 15.8 Å². The lowest BCUT2D eigenvalue weighted by atomic mass is 10.1. The maximum Gasteiger partial charge on any atom is 0.338 e. The number of hydrogen-bond acceptors (Lipinski definition) is 5. The predicted molar refractivity (Wildman–Crippen MR) is 98.4 cm³/mol. The van der Waals surface area contributed by atoms with Crippen LogP contribution in [0.3, 0.4) is 0 Å². The van der Waals surface area contributed by atoms with Crippen molar-refractivity contribution in [3.05, 3.63) is 64.9 Å². The van der Waals surface area contributed by atoms with Gasteiger partial charge in [0.15, 0.2) is 0 Å². The number of anilines is 2. The van der Waals surface area contributed by atoms with Crippen LogP contribution in [0.15, 0.2) is 54.4 Å². The van der Waals surface area contributed by atoms with Crippen molar-refractivity contribution in [1.29, 1.82) is 0 Å². The molecule has 0 spiro atoms. The number of ether oxygens (including phenoxy) is 1. The molecule has 0 saturated carbocycles. The first-order chi connectivity index (χ1) is 12.1. The Kier molecular flexibility index (Phi) is 5.35. The molecule has 1 aromatic carbocycles. The third-order valence-electron chi connectivity index (χ3n) is 3.73. The molecule has 0 saturated heterocycles. The Morgan fingerprint density at radius 2 is 2.28 bits per heavy atom. The minimum absolute atomic E-state index is 0.311. The first-order valence-corrected chi connectivity index (χ1v) is 8.84. The molecule has 0 amide bonds. The first-order valence-electron chi connectivity index (χ1n) is 7.96. The Hall–Kier alpha value is -2.80. The Morgan fingerprint density at radius 1 is 1.40 bits per heavy atom. The number of hydrogen-bond donors (Lipinski definition) is 2.